The molecule has 0 spiro atoms. The summed E-state index contributed by atoms with van der Waals surface area (Å²) >= 11 is 3.37. The van der Waals surface area contributed by atoms with Gasteiger partial charge in [0.2, 0.25) is 0 Å². The Balaban J connectivity index is 2.59. The first-order chi connectivity index (χ1) is 7.67. The predicted octanol–water partition coefficient (Wildman–Crippen LogP) is 3.05. The van der Waals surface area contributed by atoms with Crippen LogP contribution in [0.25, 0.3) is 0 Å². The van der Waals surface area contributed by atoms with Gasteiger partial charge >= 0.3 is 0 Å². The lowest BCUT2D eigenvalue weighted by atomic mass is 10.1. The number of halogens is 2. The van der Waals surface area contributed by atoms with Crippen LogP contribution in [0.4, 0.5) is 4.39 Å². The van der Waals surface area contributed by atoms with Crippen LogP contribution in [0.5, 0.6) is 5.75 Å². The number of benzene rings is 1. The zero-order valence-electron chi connectivity index (χ0n) is 9.67. The van der Waals surface area contributed by atoms with Crippen molar-refractivity contribution in [3.63, 3.8) is 0 Å². The fourth-order valence-corrected chi connectivity index (χ4v) is 1.60. The molecule has 0 aliphatic heterocycles. The molecule has 1 rings (SSSR count). The van der Waals surface area contributed by atoms with Crippen molar-refractivity contribution in [3.8, 4) is 5.75 Å². The largest absolute Gasteiger partial charge is 0.491 e. The summed E-state index contributed by atoms with van der Waals surface area (Å²) in [5.41, 5.74) is 1.82. The maximum Gasteiger partial charge on any atom is 0.165 e. The summed E-state index contributed by atoms with van der Waals surface area (Å²) in [5.74, 6) is 0.0564. The van der Waals surface area contributed by atoms with Gasteiger partial charge in [-0.05, 0) is 38.1 Å². The van der Waals surface area contributed by atoms with Crippen LogP contribution < -0.4 is 4.74 Å². The fourth-order valence-electron chi connectivity index (χ4n) is 1.35. The highest BCUT2D eigenvalue weighted by Crippen LogP contribution is 2.18. The Morgan fingerprint density at radius 1 is 1.44 bits per heavy atom. The van der Waals surface area contributed by atoms with Crippen molar-refractivity contribution in [1.29, 1.82) is 0 Å². The molecule has 0 N–H and O–H groups in total. The predicted molar refractivity (Wildman–Crippen MR) is 67.7 cm³/mol. The second-order valence-corrected chi connectivity index (χ2v) is 4.15. The first kappa shape index (κ1) is 13.5. The minimum absolute atomic E-state index is 0.277. The summed E-state index contributed by atoms with van der Waals surface area (Å²) in [4.78, 5) is 2.12. The van der Waals surface area contributed by atoms with Crippen molar-refractivity contribution < 1.29 is 9.13 Å². The van der Waals surface area contributed by atoms with Crippen molar-refractivity contribution in [3.05, 3.63) is 29.6 Å². The number of hydrogen-bond donors (Lipinski definition) is 0. The smallest absolute Gasteiger partial charge is 0.165 e. The molecule has 4 heteroatoms. The van der Waals surface area contributed by atoms with Gasteiger partial charge in [0.15, 0.2) is 11.6 Å². The van der Waals surface area contributed by atoms with Crippen molar-refractivity contribution in [2.45, 2.75) is 13.3 Å². The topological polar surface area (TPSA) is 12.5 Å². The maximum atomic E-state index is 13.5. The first-order valence-electron chi connectivity index (χ1n) is 5.33. The second-order valence-electron chi connectivity index (χ2n) is 3.65. The molecular weight excluding hydrogens is 273 g/mol. The summed E-state index contributed by atoms with van der Waals surface area (Å²) < 4.78 is 18.6. The number of hydrogen-bond acceptors (Lipinski definition) is 2. The average molecular weight is 290 g/mol. The monoisotopic (exact) mass is 289 g/mol. The van der Waals surface area contributed by atoms with E-state index in [0.717, 1.165) is 24.0 Å². The van der Waals surface area contributed by atoms with E-state index in [9.17, 15) is 4.39 Å². The van der Waals surface area contributed by atoms with Crippen LogP contribution in [0, 0.1) is 5.82 Å². The van der Waals surface area contributed by atoms with Crippen molar-refractivity contribution in [2.75, 3.05) is 25.7 Å². The molecule has 1 aromatic rings. The van der Waals surface area contributed by atoms with Gasteiger partial charge in [-0.1, -0.05) is 22.0 Å². The Hall–Kier alpha value is -0.610. The molecule has 0 saturated heterocycles. The van der Waals surface area contributed by atoms with Gasteiger partial charge in [-0.15, -0.1) is 0 Å². The molecule has 16 heavy (non-hydrogen) atoms. The Labute approximate surface area is 105 Å². The van der Waals surface area contributed by atoms with Crippen LogP contribution >= 0.6 is 15.9 Å². The lowest BCUT2D eigenvalue weighted by Gasteiger charge is -2.13. The van der Waals surface area contributed by atoms with Crippen LogP contribution in [0.15, 0.2) is 18.2 Å². The molecule has 0 unspecified atom stereocenters. The van der Waals surface area contributed by atoms with Gasteiger partial charge in [0.1, 0.15) is 0 Å². The Bertz CT molecular complexity index is 333. The molecule has 0 bridgehead atoms. The van der Waals surface area contributed by atoms with Crippen molar-refractivity contribution in [2.24, 2.45) is 0 Å². The summed E-state index contributed by atoms with van der Waals surface area (Å²) in [6.07, 6.45) is 0.839. The lowest BCUT2D eigenvalue weighted by Crippen LogP contribution is -2.19. The number of ether oxygens (including phenoxy) is 1. The Morgan fingerprint density at radius 2 is 2.19 bits per heavy atom. The van der Waals surface area contributed by atoms with E-state index in [1.807, 2.05) is 20.0 Å². The van der Waals surface area contributed by atoms with Gasteiger partial charge in [0.05, 0.1) is 12.1 Å². The molecular formula is C12H17BrFNO. The van der Waals surface area contributed by atoms with Crippen LogP contribution in [0.3, 0.4) is 0 Å². The SMILES string of the molecule is CCOc1ccc(CCN(C)CBr)cc1F. The highest BCUT2D eigenvalue weighted by molar-refractivity contribution is 9.09. The molecule has 1 aromatic carbocycles. The molecule has 0 saturated carbocycles. The molecule has 0 aliphatic carbocycles. The van der Waals surface area contributed by atoms with Gasteiger partial charge in [-0.25, -0.2) is 4.39 Å². The van der Waals surface area contributed by atoms with E-state index in [4.69, 9.17) is 4.74 Å². The molecule has 0 radical (unpaired) electrons. The van der Waals surface area contributed by atoms with E-state index in [1.54, 1.807) is 12.1 Å². The standard InChI is InChI=1S/C12H17BrFNO/c1-3-16-12-5-4-10(8-11(12)14)6-7-15(2)9-13/h4-5,8H,3,6-7,9H2,1-2H3. The summed E-state index contributed by atoms with van der Waals surface area (Å²) in [6.45, 7) is 3.24. The number of nitrogens with zero attached hydrogens (tertiary/aromatic N) is 1. The van der Waals surface area contributed by atoms with Crippen LogP contribution in [-0.2, 0) is 6.42 Å². The molecule has 0 amide bonds. The van der Waals surface area contributed by atoms with Gasteiger partial charge in [0.25, 0.3) is 0 Å². The minimum Gasteiger partial charge on any atom is -0.491 e. The lowest BCUT2D eigenvalue weighted by molar-refractivity contribution is 0.321. The van der Waals surface area contributed by atoms with Gasteiger partial charge < -0.3 is 4.74 Å². The van der Waals surface area contributed by atoms with E-state index < -0.39 is 0 Å². The van der Waals surface area contributed by atoms with E-state index in [-0.39, 0.29) is 5.82 Å². The normalized spacial score (nSPS) is 10.8. The molecule has 90 valence electrons. The Morgan fingerprint density at radius 3 is 2.75 bits per heavy atom. The zero-order chi connectivity index (χ0) is 12.0. The van der Waals surface area contributed by atoms with Crippen molar-refractivity contribution in [1.82, 2.24) is 4.90 Å². The molecule has 0 aliphatic rings. The summed E-state index contributed by atoms with van der Waals surface area (Å²) in [6, 6.07) is 5.16. The average Bonchev–Trinajstić information content (AvgIpc) is 2.29. The van der Waals surface area contributed by atoms with E-state index >= 15 is 0 Å². The third-order valence-corrected chi connectivity index (χ3v) is 3.14. The highest BCUT2D eigenvalue weighted by Gasteiger charge is 2.04. The summed E-state index contributed by atoms with van der Waals surface area (Å²) in [7, 11) is 2.01. The van der Waals surface area contributed by atoms with Crippen LogP contribution in [0.1, 0.15) is 12.5 Å². The fraction of sp³-hybridized carbons (Fsp3) is 0.500. The first-order valence-corrected chi connectivity index (χ1v) is 6.45. The van der Waals surface area contributed by atoms with Gasteiger partial charge in [0, 0.05) is 6.54 Å². The summed E-state index contributed by atoms with van der Waals surface area (Å²) in [5, 5.41) is 0. The highest BCUT2D eigenvalue weighted by atomic mass is 79.9. The van der Waals surface area contributed by atoms with E-state index in [1.165, 1.54) is 0 Å². The quantitative estimate of drug-likeness (QED) is 0.590. The second kappa shape index (κ2) is 6.86. The maximum absolute atomic E-state index is 13.5. The minimum atomic E-state index is -0.277. The van der Waals surface area contributed by atoms with Gasteiger partial charge in [-0.3, -0.25) is 4.90 Å². The molecule has 0 fully saturated rings. The van der Waals surface area contributed by atoms with Gasteiger partial charge in [-0.2, -0.15) is 0 Å². The van der Waals surface area contributed by atoms with Crippen molar-refractivity contribution >= 4 is 15.9 Å². The molecule has 0 atom stereocenters. The van der Waals surface area contributed by atoms with E-state index in [2.05, 4.69) is 20.8 Å². The third-order valence-electron chi connectivity index (χ3n) is 2.28. The van der Waals surface area contributed by atoms with E-state index in [0.29, 0.717) is 12.4 Å². The molecule has 0 aromatic heterocycles. The Kier molecular flexibility index (Phi) is 5.77. The van der Waals surface area contributed by atoms with Crippen LogP contribution in [0.2, 0.25) is 0 Å². The third kappa shape index (κ3) is 4.10. The molecule has 2 nitrogen and oxygen atoms in total. The molecule has 0 heterocycles. The van der Waals surface area contributed by atoms with Crippen LogP contribution in [-0.4, -0.2) is 30.6 Å². The number of likely N-dealkylation sites (N-methyl/N-ethyl adjacent to an activating group) is 1. The zero-order valence-corrected chi connectivity index (χ0v) is 11.3. The number of rotatable bonds is 6. The number of alkyl halides is 1.